The fraction of sp³-hybridized carbons (Fsp3) is 0.417. The Hall–Kier alpha value is -1.95. The van der Waals surface area contributed by atoms with Crippen molar-refractivity contribution in [2.24, 2.45) is 0 Å². The van der Waals surface area contributed by atoms with Crippen LogP contribution in [0.15, 0.2) is 18.2 Å². The number of ether oxygens (including phenoxy) is 1. The molecule has 2 rings (SSSR count). The fourth-order valence-corrected chi connectivity index (χ4v) is 1.94. The number of nitro benzene ring substituents is 1. The molecule has 1 fully saturated rings. The van der Waals surface area contributed by atoms with Crippen molar-refractivity contribution in [1.82, 2.24) is 0 Å². The molecule has 2 N–H and O–H groups in total. The van der Waals surface area contributed by atoms with Crippen molar-refractivity contribution in [3.8, 4) is 0 Å². The van der Waals surface area contributed by atoms with Gasteiger partial charge in [0.05, 0.1) is 4.92 Å². The Morgan fingerprint density at radius 1 is 1.50 bits per heavy atom. The minimum Gasteiger partial charge on any atom is -0.360 e. The minimum atomic E-state index is -0.464. The summed E-state index contributed by atoms with van der Waals surface area (Å²) in [7, 11) is 0. The molecular weight excluding hydrogens is 234 g/mol. The number of benzene rings is 1. The first-order chi connectivity index (χ1) is 8.70. The first-order valence-corrected chi connectivity index (χ1v) is 5.88. The van der Waals surface area contributed by atoms with Crippen molar-refractivity contribution < 1.29 is 9.66 Å². The van der Waals surface area contributed by atoms with Gasteiger partial charge in [-0.15, -0.1) is 0 Å². The molecule has 0 amide bonds. The van der Waals surface area contributed by atoms with E-state index in [-0.39, 0.29) is 11.9 Å². The minimum absolute atomic E-state index is 0.0105. The van der Waals surface area contributed by atoms with Crippen LogP contribution < -0.4 is 5.32 Å². The third-order valence-corrected chi connectivity index (χ3v) is 2.90. The van der Waals surface area contributed by atoms with Crippen LogP contribution >= 0.6 is 0 Å². The van der Waals surface area contributed by atoms with E-state index >= 15 is 0 Å². The van der Waals surface area contributed by atoms with Gasteiger partial charge in [0.1, 0.15) is 6.23 Å². The number of hydrogen-bond donors (Lipinski definition) is 2. The standard InChI is InChI=1S/C12H15N3O3/c13-8-9-7-10(15(16)17)4-5-11(9)14-12-3-1-2-6-18-12/h4-5,7-8,12-14H,1-3,6H2. The Morgan fingerprint density at radius 2 is 2.33 bits per heavy atom. The maximum Gasteiger partial charge on any atom is 0.270 e. The summed E-state index contributed by atoms with van der Waals surface area (Å²) in [5, 5.41) is 21.1. The monoisotopic (exact) mass is 249 g/mol. The second-order valence-corrected chi connectivity index (χ2v) is 4.17. The molecule has 0 radical (unpaired) electrons. The smallest absolute Gasteiger partial charge is 0.270 e. The van der Waals surface area contributed by atoms with Gasteiger partial charge < -0.3 is 15.5 Å². The predicted octanol–water partition coefficient (Wildman–Crippen LogP) is 2.53. The number of nitrogens with zero attached hydrogens (tertiary/aromatic N) is 1. The fourth-order valence-electron chi connectivity index (χ4n) is 1.94. The van der Waals surface area contributed by atoms with Gasteiger partial charge in [-0.2, -0.15) is 0 Å². The summed E-state index contributed by atoms with van der Waals surface area (Å²) in [6.07, 6.45) is 4.12. The van der Waals surface area contributed by atoms with E-state index in [1.165, 1.54) is 12.1 Å². The van der Waals surface area contributed by atoms with Crippen LogP contribution in [0, 0.1) is 15.5 Å². The number of anilines is 1. The van der Waals surface area contributed by atoms with Gasteiger partial charge in [-0.3, -0.25) is 10.1 Å². The third kappa shape index (κ3) is 2.84. The molecule has 0 bridgehead atoms. The number of hydrogen-bond acceptors (Lipinski definition) is 5. The molecule has 1 atom stereocenters. The zero-order valence-electron chi connectivity index (χ0n) is 9.89. The highest BCUT2D eigenvalue weighted by atomic mass is 16.6. The molecule has 6 heteroatoms. The lowest BCUT2D eigenvalue weighted by atomic mass is 10.1. The third-order valence-electron chi connectivity index (χ3n) is 2.90. The molecule has 18 heavy (non-hydrogen) atoms. The molecule has 0 aliphatic carbocycles. The van der Waals surface area contributed by atoms with Gasteiger partial charge in [0.2, 0.25) is 0 Å². The number of nitro groups is 1. The zero-order chi connectivity index (χ0) is 13.0. The highest BCUT2D eigenvalue weighted by Crippen LogP contribution is 2.23. The molecular formula is C12H15N3O3. The van der Waals surface area contributed by atoms with E-state index in [0.717, 1.165) is 32.1 Å². The second kappa shape index (κ2) is 5.59. The predicted molar refractivity (Wildman–Crippen MR) is 68.2 cm³/mol. The maximum absolute atomic E-state index is 10.7. The van der Waals surface area contributed by atoms with Gasteiger partial charge in [0, 0.05) is 36.2 Å². The highest BCUT2D eigenvalue weighted by molar-refractivity contribution is 5.87. The molecule has 1 unspecified atom stereocenters. The van der Waals surface area contributed by atoms with E-state index in [1.54, 1.807) is 6.07 Å². The molecule has 1 aliphatic rings. The SMILES string of the molecule is N=Cc1cc([N+](=O)[O-])ccc1NC1CCCCO1. The lowest BCUT2D eigenvalue weighted by molar-refractivity contribution is -0.384. The summed E-state index contributed by atoms with van der Waals surface area (Å²) in [6, 6.07) is 4.44. The van der Waals surface area contributed by atoms with Gasteiger partial charge >= 0.3 is 0 Å². The average Bonchev–Trinajstić information content (AvgIpc) is 2.40. The number of non-ortho nitro benzene ring substituents is 1. The Bertz CT molecular complexity index is 456. The highest BCUT2D eigenvalue weighted by Gasteiger charge is 2.16. The summed E-state index contributed by atoms with van der Waals surface area (Å²) in [4.78, 5) is 10.2. The number of rotatable bonds is 4. The van der Waals surface area contributed by atoms with Crippen molar-refractivity contribution in [1.29, 1.82) is 5.41 Å². The Labute approximate surface area is 105 Å². The summed E-state index contributed by atoms with van der Waals surface area (Å²) in [5.41, 5.74) is 1.18. The van der Waals surface area contributed by atoms with Crippen LogP contribution in [0.2, 0.25) is 0 Å². The van der Waals surface area contributed by atoms with E-state index < -0.39 is 4.92 Å². The Morgan fingerprint density at radius 3 is 2.94 bits per heavy atom. The van der Waals surface area contributed by atoms with E-state index in [0.29, 0.717) is 11.3 Å². The van der Waals surface area contributed by atoms with Crippen LogP contribution in [0.3, 0.4) is 0 Å². The van der Waals surface area contributed by atoms with Gasteiger partial charge in [0.25, 0.3) is 5.69 Å². The first kappa shape index (κ1) is 12.5. The lowest BCUT2D eigenvalue weighted by Gasteiger charge is -2.25. The molecule has 6 nitrogen and oxygen atoms in total. The van der Waals surface area contributed by atoms with Crippen LogP contribution in [0.25, 0.3) is 0 Å². The zero-order valence-corrected chi connectivity index (χ0v) is 9.89. The average molecular weight is 249 g/mol. The summed E-state index contributed by atoms with van der Waals surface area (Å²) >= 11 is 0. The van der Waals surface area contributed by atoms with Crippen LogP contribution in [0.4, 0.5) is 11.4 Å². The molecule has 1 aliphatic heterocycles. The summed E-state index contributed by atoms with van der Waals surface area (Å²) in [5.74, 6) is 0. The molecule has 0 spiro atoms. The molecule has 1 aromatic rings. The van der Waals surface area contributed by atoms with E-state index in [4.69, 9.17) is 10.1 Å². The summed E-state index contributed by atoms with van der Waals surface area (Å²) in [6.45, 7) is 0.727. The van der Waals surface area contributed by atoms with Crippen LogP contribution in [-0.2, 0) is 4.74 Å². The molecule has 0 aromatic heterocycles. The van der Waals surface area contributed by atoms with Gasteiger partial charge in [-0.25, -0.2) is 0 Å². The molecule has 1 aromatic carbocycles. The second-order valence-electron chi connectivity index (χ2n) is 4.17. The molecule has 1 heterocycles. The largest absolute Gasteiger partial charge is 0.360 e. The van der Waals surface area contributed by atoms with Gasteiger partial charge in [0.15, 0.2) is 0 Å². The number of nitrogens with one attached hydrogen (secondary N) is 2. The first-order valence-electron chi connectivity index (χ1n) is 5.88. The van der Waals surface area contributed by atoms with Crippen LogP contribution in [-0.4, -0.2) is 24.0 Å². The Balaban J connectivity index is 2.16. The van der Waals surface area contributed by atoms with Crippen molar-refractivity contribution >= 4 is 17.6 Å². The summed E-state index contributed by atoms with van der Waals surface area (Å²) < 4.78 is 5.54. The van der Waals surface area contributed by atoms with Gasteiger partial charge in [-0.1, -0.05) is 0 Å². The quantitative estimate of drug-likeness (QED) is 0.487. The van der Waals surface area contributed by atoms with Crippen molar-refractivity contribution in [2.75, 3.05) is 11.9 Å². The van der Waals surface area contributed by atoms with E-state index in [2.05, 4.69) is 5.32 Å². The van der Waals surface area contributed by atoms with Crippen molar-refractivity contribution in [3.05, 3.63) is 33.9 Å². The Kier molecular flexibility index (Phi) is 3.88. The van der Waals surface area contributed by atoms with Crippen LogP contribution in [0.1, 0.15) is 24.8 Å². The molecule has 0 saturated carbocycles. The van der Waals surface area contributed by atoms with Crippen LogP contribution in [0.5, 0.6) is 0 Å². The topological polar surface area (TPSA) is 88.2 Å². The molecule has 96 valence electrons. The lowest BCUT2D eigenvalue weighted by Crippen LogP contribution is -2.27. The van der Waals surface area contributed by atoms with E-state index in [9.17, 15) is 10.1 Å². The van der Waals surface area contributed by atoms with Crippen molar-refractivity contribution in [3.63, 3.8) is 0 Å². The van der Waals surface area contributed by atoms with Gasteiger partial charge in [-0.05, 0) is 25.3 Å². The maximum atomic E-state index is 10.7. The van der Waals surface area contributed by atoms with Crippen molar-refractivity contribution in [2.45, 2.75) is 25.5 Å². The normalized spacial score (nSPS) is 19.2. The van der Waals surface area contributed by atoms with E-state index in [1.807, 2.05) is 0 Å². The molecule has 1 saturated heterocycles.